The van der Waals surface area contributed by atoms with E-state index in [1.54, 1.807) is 18.3 Å². The number of rotatable bonds is 4. The van der Waals surface area contributed by atoms with E-state index in [2.05, 4.69) is 33.0 Å². The Balaban J connectivity index is 1.52. The highest BCUT2D eigenvalue weighted by Gasteiger charge is 2.34. The molecule has 150 valence electrons. The van der Waals surface area contributed by atoms with E-state index in [0.717, 1.165) is 63.5 Å². The summed E-state index contributed by atoms with van der Waals surface area (Å²) in [5.74, 6) is 0.966. The van der Waals surface area contributed by atoms with Gasteiger partial charge in [0.05, 0.1) is 5.56 Å². The highest BCUT2D eigenvalue weighted by molar-refractivity contribution is 5.83. The Kier molecular flexibility index (Phi) is 6.06. The van der Waals surface area contributed by atoms with Crippen LogP contribution in [0.2, 0.25) is 0 Å². The molecule has 2 aliphatic heterocycles. The molecule has 0 spiro atoms. The summed E-state index contributed by atoms with van der Waals surface area (Å²) >= 11 is 0. The smallest absolute Gasteiger partial charge is 0.244 e. The second kappa shape index (κ2) is 9.06. The van der Waals surface area contributed by atoms with E-state index in [1.807, 2.05) is 23.1 Å². The molecule has 0 N–H and O–H groups in total. The number of nitrogens with zero attached hydrogens (tertiary/aromatic N) is 5. The number of carbonyl (C=O) groups excluding carboxylic acids is 1. The normalized spacial score (nSPS) is 18.9. The molecule has 1 amide bonds. The van der Waals surface area contributed by atoms with Crippen LogP contribution in [0.4, 0.5) is 5.82 Å². The fourth-order valence-corrected chi connectivity index (χ4v) is 4.36. The van der Waals surface area contributed by atoms with Gasteiger partial charge in [0.25, 0.3) is 0 Å². The number of aromatic nitrogens is 1. The molecule has 6 nitrogen and oxygen atoms in total. The van der Waals surface area contributed by atoms with E-state index in [-0.39, 0.29) is 11.9 Å². The summed E-state index contributed by atoms with van der Waals surface area (Å²) in [6.45, 7) is 4.76. The van der Waals surface area contributed by atoms with Gasteiger partial charge >= 0.3 is 0 Å². The monoisotopic (exact) mass is 389 g/mol. The predicted octanol–water partition coefficient (Wildman–Crippen LogP) is 2.83. The first-order valence-corrected chi connectivity index (χ1v) is 10.5. The Bertz CT molecular complexity index is 864. The molecular weight excluding hydrogens is 362 g/mol. The SMILES string of the molecule is N#Cc1cccnc1N1CCN(C(C(=O)N2CCCCC2)c2ccccc2)CC1. The summed E-state index contributed by atoms with van der Waals surface area (Å²) < 4.78 is 0. The maximum absolute atomic E-state index is 13.5. The Morgan fingerprint density at radius 1 is 0.931 bits per heavy atom. The molecule has 0 saturated carbocycles. The van der Waals surface area contributed by atoms with Crippen molar-refractivity contribution in [3.63, 3.8) is 0 Å². The third-order valence-corrected chi connectivity index (χ3v) is 5.90. The van der Waals surface area contributed by atoms with Gasteiger partial charge in [0.15, 0.2) is 0 Å². The Morgan fingerprint density at radius 2 is 1.66 bits per heavy atom. The summed E-state index contributed by atoms with van der Waals surface area (Å²) in [4.78, 5) is 24.4. The van der Waals surface area contributed by atoms with E-state index in [9.17, 15) is 10.1 Å². The van der Waals surface area contributed by atoms with Crippen LogP contribution in [0.3, 0.4) is 0 Å². The molecule has 0 bridgehead atoms. The van der Waals surface area contributed by atoms with Gasteiger partial charge in [0, 0.05) is 45.5 Å². The minimum atomic E-state index is -0.240. The van der Waals surface area contributed by atoms with Gasteiger partial charge in [-0.3, -0.25) is 9.69 Å². The lowest BCUT2D eigenvalue weighted by Gasteiger charge is -2.41. The molecule has 0 aliphatic carbocycles. The van der Waals surface area contributed by atoms with Gasteiger partial charge in [0.1, 0.15) is 17.9 Å². The van der Waals surface area contributed by atoms with Crippen molar-refractivity contribution in [2.45, 2.75) is 25.3 Å². The second-order valence-electron chi connectivity index (χ2n) is 7.71. The molecule has 2 saturated heterocycles. The number of piperidine rings is 1. The third-order valence-electron chi connectivity index (χ3n) is 5.90. The number of carbonyl (C=O) groups is 1. The van der Waals surface area contributed by atoms with Crippen molar-refractivity contribution in [2.75, 3.05) is 44.2 Å². The van der Waals surface area contributed by atoms with E-state index in [1.165, 1.54) is 6.42 Å². The molecule has 3 heterocycles. The van der Waals surface area contributed by atoms with Crippen LogP contribution in [0.1, 0.15) is 36.4 Å². The van der Waals surface area contributed by atoms with Crippen LogP contribution in [-0.4, -0.2) is 60.0 Å². The zero-order valence-corrected chi connectivity index (χ0v) is 16.7. The number of benzene rings is 1. The quantitative estimate of drug-likeness (QED) is 0.805. The molecular formula is C23H27N5O. The van der Waals surface area contributed by atoms with Crippen molar-refractivity contribution in [3.8, 4) is 6.07 Å². The van der Waals surface area contributed by atoms with Crippen molar-refractivity contribution in [1.29, 1.82) is 5.26 Å². The molecule has 6 heteroatoms. The Hall–Kier alpha value is -2.91. The number of nitriles is 1. The zero-order valence-electron chi connectivity index (χ0n) is 16.7. The highest BCUT2D eigenvalue weighted by Crippen LogP contribution is 2.27. The van der Waals surface area contributed by atoms with Crippen LogP contribution in [-0.2, 0) is 4.79 Å². The molecule has 1 aromatic carbocycles. The van der Waals surface area contributed by atoms with E-state index in [4.69, 9.17) is 0 Å². The number of piperazine rings is 1. The minimum absolute atomic E-state index is 0.222. The fraction of sp³-hybridized carbons (Fsp3) is 0.435. The Morgan fingerprint density at radius 3 is 2.34 bits per heavy atom. The van der Waals surface area contributed by atoms with Crippen LogP contribution in [0, 0.1) is 11.3 Å². The van der Waals surface area contributed by atoms with Gasteiger partial charge in [0.2, 0.25) is 5.91 Å². The lowest BCUT2D eigenvalue weighted by molar-refractivity contribution is -0.138. The first-order valence-electron chi connectivity index (χ1n) is 10.5. The van der Waals surface area contributed by atoms with Crippen molar-refractivity contribution in [2.24, 2.45) is 0 Å². The van der Waals surface area contributed by atoms with Crippen molar-refractivity contribution in [3.05, 3.63) is 59.8 Å². The summed E-state index contributed by atoms with van der Waals surface area (Å²) in [5.41, 5.74) is 1.66. The molecule has 1 aromatic heterocycles. The van der Waals surface area contributed by atoms with Crippen LogP contribution in [0.25, 0.3) is 0 Å². The number of hydrogen-bond donors (Lipinski definition) is 0. The summed E-state index contributed by atoms with van der Waals surface area (Å²) in [5, 5.41) is 9.38. The number of hydrogen-bond acceptors (Lipinski definition) is 5. The van der Waals surface area contributed by atoms with E-state index < -0.39 is 0 Å². The average molecular weight is 390 g/mol. The lowest BCUT2D eigenvalue weighted by Crippen LogP contribution is -2.52. The van der Waals surface area contributed by atoms with Crippen LogP contribution in [0.5, 0.6) is 0 Å². The highest BCUT2D eigenvalue weighted by atomic mass is 16.2. The first-order chi connectivity index (χ1) is 14.3. The molecule has 1 atom stereocenters. The maximum atomic E-state index is 13.5. The van der Waals surface area contributed by atoms with Crippen LogP contribution >= 0.6 is 0 Å². The zero-order chi connectivity index (χ0) is 20.1. The number of amides is 1. The van der Waals surface area contributed by atoms with Gasteiger partial charge in [-0.1, -0.05) is 30.3 Å². The fourth-order valence-electron chi connectivity index (χ4n) is 4.36. The molecule has 4 rings (SSSR count). The molecule has 0 radical (unpaired) electrons. The summed E-state index contributed by atoms with van der Waals surface area (Å²) in [7, 11) is 0. The van der Waals surface area contributed by atoms with Gasteiger partial charge < -0.3 is 9.80 Å². The number of anilines is 1. The molecule has 1 unspecified atom stereocenters. The number of pyridine rings is 1. The molecule has 2 fully saturated rings. The van der Waals surface area contributed by atoms with Crippen LogP contribution in [0.15, 0.2) is 48.7 Å². The maximum Gasteiger partial charge on any atom is 0.244 e. The standard InChI is InChI=1S/C23H27N5O/c24-18-20-10-7-11-25-22(20)27-16-14-26(15-17-27)21(19-8-3-1-4-9-19)23(29)28-12-5-2-6-13-28/h1,3-4,7-11,21H,2,5-6,12-17H2. The molecule has 29 heavy (non-hydrogen) atoms. The average Bonchev–Trinajstić information content (AvgIpc) is 2.81. The summed E-state index contributed by atoms with van der Waals surface area (Å²) in [6.07, 6.45) is 5.13. The predicted molar refractivity (Wildman–Crippen MR) is 112 cm³/mol. The Labute approximate surface area is 172 Å². The van der Waals surface area contributed by atoms with Gasteiger partial charge in [-0.25, -0.2) is 4.98 Å². The largest absolute Gasteiger partial charge is 0.353 e. The van der Waals surface area contributed by atoms with Crippen molar-refractivity contribution < 1.29 is 4.79 Å². The van der Waals surface area contributed by atoms with Crippen LogP contribution < -0.4 is 4.90 Å². The molecule has 2 aliphatic rings. The van der Waals surface area contributed by atoms with Crippen molar-refractivity contribution in [1.82, 2.24) is 14.8 Å². The number of likely N-dealkylation sites (tertiary alicyclic amines) is 1. The van der Waals surface area contributed by atoms with E-state index >= 15 is 0 Å². The topological polar surface area (TPSA) is 63.5 Å². The van der Waals surface area contributed by atoms with Crippen molar-refractivity contribution >= 4 is 11.7 Å². The minimum Gasteiger partial charge on any atom is -0.353 e. The summed E-state index contributed by atoms with van der Waals surface area (Å²) in [6, 6.07) is 15.7. The van der Waals surface area contributed by atoms with Gasteiger partial charge in [-0.2, -0.15) is 5.26 Å². The first kappa shape index (κ1) is 19.4. The van der Waals surface area contributed by atoms with Gasteiger partial charge in [-0.05, 0) is 37.0 Å². The lowest BCUT2D eigenvalue weighted by atomic mass is 10.0. The third kappa shape index (κ3) is 4.25. The van der Waals surface area contributed by atoms with E-state index in [0.29, 0.717) is 5.56 Å². The molecule has 2 aromatic rings. The second-order valence-corrected chi connectivity index (χ2v) is 7.71. The van der Waals surface area contributed by atoms with Gasteiger partial charge in [-0.15, -0.1) is 0 Å².